The van der Waals surface area contributed by atoms with Crippen LogP contribution in [0.2, 0.25) is 30.1 Å². The van der Waals surface area contributed by atoms with Gasteiger partial charge in [-0.3, -0.25) is 23.4 Å². The lowest BCUT2D eigenvalue weighted by Gasteiger charge is -2.39. The zero-order chi connectivity index (χ0) is 84.1. The number of aryl methyl sites for hydroxylation is 1. The van der Waals surface area contributed by atoms with Crippen LogP contribution in [0.5, 0.6) is 28.7 Å². The van der Waals surface area contributed by atoms with E-state index in [4.69, 9.17) is 103 Å². The molecule has 9 aromatic rings. The molecule has 2 aliphatic heterocycles. The Kier molecular flexibility index (Phi) is 30.2. The number of methoxy groups -OCH3 is 5. The van der Waals surface area contributed by atoms with Gasteiger partial charge < -0.3 is 65.0 Å². The maximum Gasteiger partial charge on any atom is 0.243 e. The lowest BCUT2D eigenvalue weighted by atomic mass is 9.80. The third-order valence-corrected chi connectivity index (χ3v) is 25.1. The predicted octanol–water partition coefficient (Wildman–Crippen LogP) is 14.4. The summed E-state index contributed by atoms with van der Waals surface area (Å²) in [5.74, 6) is 7.69. The Labute approximate surface area is 706 Å². The maximum absolute atomic E-state index is 12.9. The van der Waals surface area contributed by atoms with Gasteiger partial charge in [-0.05, 0) is 129 Å². The number of hydrogen-bond donors (Lipinski definition) is 5. The Bertz CT molecular complexity index is 5270. The van der Waals surface area contributed by atoms with Crippen LogP contribution in [0.3, 0.4) is 0 Å². The van der Waals surface area contributed by atoms with Crippen LogP contribution in [0.15, 0.2) is 142 Å². The molecule has 6 aromatic carbocycles. The molecule has 3 fully saturated rings. The van der Waals surface area contributed by atoms with Gasteiger partial charge in [0.15, 0.2) is 0 Å². The lowest BCUT2D eigenvalue weighted by Crippen LogP contribution is -2.50. The first-order valence-electron chi connectivity index (χ1n) is 37.2. The van der Waals surface area contributed by atoms with Gasteiger partial charge in [0.05, 0.1) is 101 Å². The number of hydrogen-bond acceptors (Lipinski definition) is 20. The fourth-order valence-corrected chi connectivity index (χ4v) is 17.7. The Morgan fingerprint density at radius 2 is 0.957 bits per heavy atom. The number of likely N-dealkylation sites (tertiary alicyclic amines) is 1. The van der Waals surface area contributed by atoms with Crippen molar-refractivity contribution in [2.75, 3.05) is 113 Å². The third-order valence-electron chi connectivity index (χ3n) is 20.6. The number of likely N-dealkylation sites (N-methyl/N-ethyl adjacent to an activating group) is 1. The van der Waals surface area contributed by atoms with Crippen molar-refractivity contribution >= 4 is 153 Å². The molecular formula is C84H95Cl6N15O10S. The number of carbonyl (C=O) groups is 4. The summed E-state index contributed by atoms with van der Waals surface area (Å²) in [6.07, 6.45) is 12.7. The van der Waals surface area contributed by atoms with Gasteiger partial charge in [0.25, 0.3) is 0 Å². The van der Waals surface area contributed by atoms with Crippen LogP contribution in [-0.4, -0.2) is 215 Å². The van der Waals surface area contributed by atoms with Crippen molar-refractivity contribution in [2.45, 2.75) is 76.2 Å². The molecule has 5 heterocycles. The van der Waals surface area contributed by atoms with Gasteiger partial charge in [0.1, 0.15) is 34.6 Å². The highest BCUT2D eigenvalue weighted by atomic mass is 35.5. The number of halogens is 6. The first kappa shape index (κ1) is 88.6. The normalized spacial score (nSPS) is 18.3. The molecule has 25 nitrogen and oxygen atoms in total. The van der Waals surface area contributed by atoms with Crippen molar-refractivity contribution in [1.82, 2.24) is 64.9 Å². The molecule has 4 amide bonds. The molecule has 3 unspecified atom stereocenters. The number of carbonyl (C=O) groups excluding carboxylic acids is 4. The van der Waals surface area contributed by atoms with Gasteiger partial charge >= 0.3 is 0 Å². The fraction of sp³-hybridized carbons (Fsp3) is 0.345. The van der Waals surface area contributed by atoms with E-state index < -0.39 is 9.71 Å². The average Bonchev–Trinajstić information content (AvgIpc) is 1.07. The Morgan fingerprint density at radius 3 is 1.40 bits per heavy atom. The minimum atomic E-state index is -2.41. The molecule has 32 heteroatoms. The van der Waals surface area contributed by atoms with E-state index in [1.807, 2.05) is 117 Å². The first-order valence-corrected chi connectivity index (χ1v) is 41.3. The molecule has 12 rings (SSSR count). The largest absolute Gasteiger partial charge is 0.495 e. The highest BCUT2D eigenvalue weighted by Gasteiger charge is 2.39. The second-order valence-electron chi connectivity index (χ2n) is 28.4. The van der Waals surface area contributed by atoms with Gasteiger partial charge in [-0.1, -0.05) is 128 Å². The zero-order valence-corrected chi connectivity index (χ0v) is 71.8. The molecule has 3 aromatic heterocycles. The lowest BCUT2D eigenvalue weighted by molar-refractivity contribution is -0.131. The number of allylic oxidation sites excluding steroid dienone is 1. The van der Waals surface area contributed by atoms with Crippen molar-refractivity contribution in [1.29, 1.82) is 0 Å². The number of fused-ring (bicyclic) bond motifs is 3. The molecule has 8 atom stereocenters. The maximum atomic E-state index is 12.9. The molecule has 5 N–H and O–H groups in total. The summed E-state index contributed by atoms with van der Waals surface area (Å²) in [5.41, 5.74) is 8.49. The van der Waals surface area contributed by atoms with Crippen LogP contribution in [0.1, 0.15) is 44.5 Å². The third kappa shape index (κ3) is 20.6. The topological polar surface area (TPSA) is 282 Å². The summed E-state index contributed by atoms with van der Waals surface area (Å²) in [6, 6.07) is 21.3. The molecule has 0 bridgehead atoms. The second-order valence-corrected chi connectivity index (χ2v) is 33.3. The molecule has 0 spiro atoms. The summed E-state index contributed by atoms with van der Waals surface area (Å²) >= 11 is 39.8. The van der Waals surface area contributed by atoms with Crippen LogP contribution >= 0.6 is 69.6 Å². The molecule has 1 aliphatic carbocycles. The van der Waals surface area contributed by atoms with Crippen LogP contribution in [-0.2, 0) is 41.7 Å². The number of ether oxygens (including phenoxy) is 5. The van der Waals surface area contributed by atoms with Gasteiger partial charge in [-0.15, -0.1) is 0 Å². The monoisotopic (exact) mass is 1720 g/mol. The van der Waals surface area contributed by atoms with E-state index in [1.54, 1.807) is 57.0 Å². The molecule has 0 radical (unpaired) electrons. The zero-order valence-electron chi connectivity index (χ0n) is 66.5. The molecule has 1 saturated carbocycles. The summed E-state index contributed by atoms with van der Waals surface area (Å²) in [5, 5.41) is 20.7. The van der Waals surface area contributed by atoms with Crippen LogP contribution in [0, 0.1) is 11.8 Å². The number of amides is 4. The fourth-order valence-electron chi connectivity index (χ4n) is 14.2. The van der Waals surface area contributed by atoms with Crippen molar-refractivity contribution in [3.8, 4) is 62.1 Å². The Morgan fingerprint density at radius 1 is 0.534 bits per heavy atom. The number of nitrogens with zero attached hydrogens (tertiary/aromatic N) is 10. The van der Waals surface area contributed by atoms with Crippen molar-refractivity contribution in [2.24, 2.45) is 11.8 Å². The SMILES string of the molecule is C=CC(=O)NC1CN(C(=O)CN(C)C)CC1Nc1ncc2cc(-c3c(Cl)c(CC)cc(OC)c3Cl)ccc2n1.C=CC(=O)N[C@H]1CN(S(=C)(=O)CC)C[C@H]1Cc1ncc2cc(-c3c(Cl)c(OC)cc(OC)c3Cl)ccc2n1.C=CC(=O)N[C@H]1C[C@H](C(=C)N(C)C)CC[C@H]1Nc1ncc2cc(-c3c(Cl)c(OC)cc(OC)c3Cl)ccc2n1. The van der Waals surface area contributed by atoms with Gasteiger partial charge in [-0.25, -0.2) is 34.2 Å². The highest BCUT2D eigenvalue weighted by Crippen LogP contribution is 2.49. The number of nitrogens with one attached hydrogen (secondary N) is 5. The highest BCUT2D eigenvalue weighted by molar-refractivity contribution is 7.98. The molecule has 116 heavy (non-hydrogen) atoms. The van der Waals surface area contributed by atoms with E-state index in [0.29, 0.717) is 137 Å². The van der Waals surface area contributed by atoms with Crippen LogP contribution in [0.4, 0.5) is 11.9 Å². The van der Waals surface area contributed by atoms with E-state index in [2.05, 4.69) is 78.7 Å². The van der Waals surface area contributed by atoms with Crippen molar-refractivity contribution in [3.05, 3.63) is 183 Å². The average molecular weight is 1720 g/mol. The summed E-state index contributed by atoms with van der Waals surface area (Å²) in [4.78, 5) is 82.4. The molecule has 3 aliphatic rings. The van der Waals surface area contributed by atoms with E-state index in [-0.39, 0.29) is 72.2 Å². The van der Waals surface area contributed by atoms with Gasteiger partial charge in [-0.2, -0.15) is 0 Å². The number of anilines is 2. The summed E-state index contributed by atoms with van der Waals surface area (Å²) in [6.45, 7) is 20.8. The minimum Gasteiger partial charge on any atom is -0.495 e. The quantitative estimate of drug-likeness (QED) is 0.0236. The summed E-state index contributed by atoms with van der Waals surface area (Å²) < 4.78 is 41.9. The Hall–Kier alpha value is -9.74. The van der Waals surface area contributed by atoms with E-state index in [9.17, 15) is 23.4 Å². The minimum absolute atomic E-state index is 0.0183. The van der Waals surface area contributed by atoms with Crippen LogP contribution in [0.25, 0.3) is 66.1 Å². The summed E-state index contributed by atoms with van der Waals surface area (Å²) in [7, 11) is 13.0. The van der Waals surface area contributed by atoms with Crippen LogP contribution < -0.4 is 50.3 Å². The molecule has 614 valence electrons. The van der Waals surface area contributed by atoms with E-state index in [1.165, 1.54) is 32.4 Å². The van der Waals surface area contributed by atoms with Gasteiger partial charge in [0, 0.05) is 161 Å². The number of benzene rings is 6. The van der Waals surface area contributed by atoms with E-state index in [0.717, 1.165) is 80.8 Å². The smallest absolute Gasteiger partial charge is 0.243 e. The predicted molar refractivity (Wildman–Crippen MR) is 468 cm³/mol. The number of rotatable bonds is 27. The first-order chi connectivity index (χ1) is 55.4. The molecule has 2 saturated heterocycles. The second kappa shape index (κ2) is 39.5. The standard InChI is InChI=1S/C29H33Cl2N5O3.C28H32Cl2N6O3.C27H30Cl2N4O4S/c1-7-25(37)33-22-13-17(16(2)36(3)4)8-11-21(22)35-29-32-15-19-12-18(9-10-20(19)34-29)26-27(30)23(38-5)14-24(39-6)28(26)31;1-6-16-11-22(39-5)27(30)25(26(16)29)17-8-9-19-18(10-17)12-31-28(33-19)34-21-14-36(24(38)15-35(3)4)13-20(21)32-23(37)7-2;1-6-24(34)32-20-15-33(38(5,35)7-2)14-18(20)11-23-30-13-17-10-16(8-9-19(17)31-23)25-26(28)21(36-3)12-22(37-4)27(25)29/h7,9-10,12,14-15,17,21-22H,1-2,8,11,13H2,3-6H3,(H,33,37)(H,32,34,35);7-12,20-21H,2,6,13-15H2,1,3-5H3,(H,32,37)(H,31,33,34);6,8-10,12-13,18,20H,1,5,7,11,14-15H2,2-4H3,(H,32,34)/t17-,21-,22+;;18-,20+,38?/m1.1/s1. The number of aromatic nitrogens is 6. The van der Waals surface area contributed by atoms with Crippen molar-refractivity contribution < 1.29 is 47.1 Å². The van der Waals surface area contributed by atoms with Gasteiger partial charge in [0.2, 0.25) is 35.5 Å². The van der Waals surface area contributed by atoms with E-state index >= 15 is 0 Å². The molecular weight excluding hydrogens is 1620 g/mol. The van der Waals surface area contributed by atoms with Crippen molar-refractivity contribution in [3.63, 3.8) is 0 Å². The Balaban J connectivity index is 0.000000184.